The van der Waals surface area contributed by atoms with E-state index < -0.39 is 11.7 Å². The highest BCUT2D eigenvalue weighted by molar-refractivity contribution is 6.08. The highest BCUT2D eigenvalue weighted by Gasteiger charge is 2.20. The van der Waals surface area contributed by atoms with Crippen LogP contribution in [0.3, 0.4) is 0 Å². The number of carbonyl (C=O) groups is 1. The monoisotopic (exact) mass is 495 g/mol. The number of nitriles is 1. The molecule has 0 aliphatic rings. The molecule has 0 atom stereocenters. The molecule has 0 unspecified atom stereocenters. The van der Waals surface area contributed by atoms with Gasteiger partial charge >= 0.3 is 0 Å². The van der Waals surface area contributed by atoms with Crippen molar-refractivity contribution in [1.82, 2.24) is 0 Å². The Morgan fingerprint density at radius 1 is 1.19 bits per heavy atom. The van der Waals surface area contributed by atoms with Gasteiger partial charge in [-0.05, 0) is 61.9 Å². The molecular formula is C28H26FN7O. The van der Waals surface area contributed by atoms with Crippen molar-refractivity contribution in [2.75, 3.05) is 11.1 Å². The maximum absolute atomic E-state index is 14.2. The van der Waals surface area contributed by atoms with Gasteiger partial charge in [-0.3, -0.25) is 9.79 Å². The largest absolute Gasteiger partial charge is 0.398 e. The lowest BCUT2D eigenvalue weighted by Crippen LogP contribution is -2.20. The number of nitrogens with one attached hydrogen (secondary N) is 2. The van der Waals surface area contributed by atoms with Gasteiger partial charge in [0.1, 0.15) is 5.82 Å². The SMILES string of the molecule is C=C(C(N)=O)/C(N)=C(\N=C(C)c1ccc(F)cc1Nc1cccc(C#N)c1)c1c(C)ccc(N)c1C=N. The first-order valence-electron chi connectivity index (χ1n) is 11.1. The summed E-state index contributed by atoms with van der Waals surface area (Å²) >= 11 is 0. The van der Waals surface area contributed by atoms with Crippen molar-refractivity contribution in [3.8, 4) is 6.07 Å². The van der Waals surface area contributed by atoms with Crippen LogP contribution in [-0.4, -0.2) is 17.8 Å². The van der Waals surface area contributed by atoms with Crippen LogP contribution < -0.4 is 22.5 Å². The molecule has 0 fully saturated rings. The summed E-state index contributed by atoms with van der Waals surface area (Å²) < 4.78 is 14.2. The summed E-state index contributed by atoms with van der Waals surface area (Å²) in [5, 5.41) is 20.2. The lowest BCUT2D eigenvalue weighted by atomic mass is 9.95. The van der Waals surface area contributed by atoms with E-state index in [0.717, 1.165) is 6.21 Å². The number of benzene rings is 3. The Morgan fingerprint density at radius 2 is 1.92 bits per heavy atom. The van der Waals surface area contributed by atoms with Crippen LogP contribution in [0.25, 0.3) is 5.70 Å². The molecule has 3 aromatic rings. The molecule has 37 heavy (non-hydrogen) atoms. The average Bonchev–Trinajstić information content (AvgIpc) is 2.87. The zero-order valence-electron chi connectivity index (χ0n) is 20.4. The number of rotatable bonds is 8. The van der Waals surface area contributed by atoms with Gasteiger partial charge < -0.3 is 27.9 Å². The van der Waals surface area contributed by atoms with Crippen LogP contribution >= 0.6 is 0 Å². The zero-order chi connectivity index (χ0) is 27.3. The molecule has 3 aromatic carbocycles. The van der Waals surface area contributed by atoms with Gasteiger partial charge in [0.05, 0.1) is 34.3 Å². The Bertz CT molecular complexity index is 1530. The van der Waals surface area contributed by atoms with Crippen molar-refractivity contribution in [2.45, 2.75) is 13.8 Å². The molecule has 0 aliphatic carbocycles. The fourth-order valence-corrected chi connectivity index (χ4v) is 3.73. The summed E-state index contributed by atoms with van der Waals surface area (Å²) in [4.78, 5) is 16.6. The summed E-state index contributed by atoms with van der Waals surface area (Å²) in [6.45, 7) is 7.17. The first-order valence-corrected chi connectivity index (χ1v) is 11.1. The number of anilines is 3. The Morgan fingerprint density at radius 3 is 2.57 bits per heavy atom. The fourth-order valence-electron chi connectivity index (χ4n) is 3.73. The van der Waals surface area contributed by atoms with Crippen LogP contribution in [-0.2, 0) is 4.79 Å². The Balaban J connectivity index is 2.26. The van der Waals surface area contributed by atoms with Crippen molar-refractivity contribution in [3.05, 3.63) is 106 Å². The van der Waals surface area contributed by atoms with Crippen LogP contribution in [0.4, 0.5) is 21.5 Å². The van der Waals surface area contributed by atoms with E-state index in [9.17, 15) is 14.4 Å². The second kappa shape index (κ2) is 11.0. The molecule has 8 N–H and O–H groups in total. The fraction of sp³-hybridized carbons (Fsp3) is 0.0714. The second-order valence-corrected chi connectivity index (χ2v) is 8.21. The molecule has 0 bridgehead atoms. The standard InChI is InChI=1S/C28H26FN7O/c1-15-7-10-23(32)22(14-31)25(15)27(26(33)16(2)28(34)37)35-17(3)21-9-8-19(29)12-24(21)36-20-6-4-5-18(11-20)13-30/h4-12,14,31,36H,2,32-33H2,1,3H3,(H2,34,37)/b27-26+,31-14?,35-17?. The van der Waals surface area contributed by atoms with E-state index in [4.69, 9.17) is 27.6 Å². The first-order chi connectivity index (χ1) is 17.6. The van der Waals surface area contributed by atoms with E-state index in [-0.39, 0.29) is 17.0 Å². The van der Waals surface area contributed by atoms with E-state index >= 15 is 0 Å². The number of aliphatic imine (C=N–C) groups is 1. The number of halogens is 1. The van der Waals surface area contributed by atoms with Gasteiger partial charge in [0.2, 0.25) is 5.91 Å². The molecule has 0 aliphatic heterocycles. The topological polar surface area (TPSA) is 167 Å². The molecule has 9 heteroatoms. The lowest BCUT2D eigenvalue weighted by Gasteiger charge is -2.18. The number of nitrogens with two attached hydrogens (primary N) is 3. The maximum atomic E-state index is 14.2. The third-order valence-corrected chi connectivity index (χ3v) is 5.67. The minimum absolute atomic E-state index is 0.0815. The molecule has 1 amide bonds. The molecule has 0 radical (unpaired) electrons. The Hall–Kier alpha value is -5.23. The number of nitrogen functional groups attached to an aromatic ring is 1. The summed E-state index contributed by atoms with van der Waals surface area (Å²) in [5.74, 6) is -1.31. The lowest BCUT2D eigenvalue weighted by molar-refractivity contribution is -0.114. The molecule has 186 valence electrons. The van der Waals surface area contributed by atoms with Crippen LogP contribution in [0, 0.1) is 29.5 Å². The van der Waals surface area contributed by atoms with Crippen molar-refractivity contribution in [1.29, 1.82) is 10.7 Å². The first kappa shape index (κ1) is 26.4. The molecule has 0 aromatic heterocycles. The van der Waals surface area contributed by atoms with Gasteiger partial charge in [0.15, 0.2) is 0 Å². The summed E-state index contributed by atoms with van der Waals surface area (Å²) in [6, 6.07) is 16.3. The minimum Gasteiger partial charge on any atom is -0.398 e. The van der Waals surface area contributed by atoms with Crippen LogP contribution in [0.2, 0.25) is 0 Å². The quantitative estimate of drug-likeness (QED) is 0.134. The number of primary amides is 1. The number of amides is 1. The maximum Gasteiger partial charge on any atom is 0.250 e. The Kier molecular flexibility index (Phi) is 7.85. The van der Waals surface area contributed by atoms with Gasteiger partial charge in [-0.15, -0.1) is 0 Å². The smallest absolute Gasteiger partial charge is 0.250 e. The summed E-state index contributed by atoms with van der Waals surface area (Å²) in [7, 11) is 0. The van der Waals surface area contributed by atoms with E-state index in [0.29, 0.717) is 50.6 Å². The molecule has 3 rings (SSSR count). The third kappa shape index (κ3) is 5.71. The molecule has 0 saturated carbocycles. The van der Waals surface area contributed by atoms with Crippen LogP contribution in [0.1, 0.15) is 34.7 Å². The number of carbonyl (C=O) groups excluding carboxylic acids is 1. The predicted octanol–water partition coefficient (Wildman–Crippen LogP) is 4.51. The zero-order valence-corrected chi connectivity index (χ0v) is 20.4. The van der Waals surface area contributed by atoms with Crippen molar-refractivity contribution < 1.29 is 9.18 Å². The predicted molar refractivity (Wildman–Crippen MR) is 146 cm³/mol. The van der Waals surface area contributed by atoms with Gasteiger partial charge in [0.25, 0.3) is 0 Å². The summed E-state index contributed by atoms with van der Waals surface area (Å²) in [6.07, 6.45) is 1.08. The number of aryl methyl sites for hydroxylation is 1. The summed E-state index contributed by atoms with van der Waals surface area (Å²) in [5.41, 5.74) is 21.9. The van der Waals surface area contributed by atoms with Gasteiger partial charge in [0, 0.05) is 40.0 Å². The van der Waals surface area contributed by atoms with Crippen molar-refractivity contribution in [3.63, 3.8) is 0 Å². The number of hydrogen-bond donors (Lipinski definition) is 5. The van der Waals surface area contributed by atoms with Crippen LogP contribution in [0.5, 0.6) is 0 Å². The average molecular weight is 496 g/mol. The Labute approximate surface area is 214 Å². The van der Waals surface area contributed by atoms with Crippen molar-refractivity contribution >= 4 is 40.6 Å². The van der Waals surface area contributed by atoms with Gasteiger partial charge in [-0.2, -0.15) is 5.26 Å². The minimum atomic E-state index is -0.831. The molecule has 0 saturated heterocycles. The molecule has 0 heterocycles. The van der Waals surface area contributed by atoms with Crippen LogP contribution in [0.15, 0.2) is 77.4 Å². The van der Waals surface area contributed by atoms with Crippen molar-refractivity contribution in [2.24, 2.45) is 16.5 Å². The molecular weight excluding hydrogens is 469 g/mol. The molecule has 8 nitrogen and oxygen atoms in total. The highest BCUT2D eigenvalue weighted by Crippen LogP contribution is 2.32. The second-order valence-electron chi connectivity index (χ2n) is 8.21. The third-order valence-electron chi connectivity index (χ3n) is 5.67. The van der Waals surface area contributed by atoms with Gasteiger partial charge in [-0.1, -0.05) is 18.7 Å². The van der Waals surface area contributed by atoms with E-state index in [1.165, 1.54) is 12.1 Å². The highest BCUT2D eigenvalue weighted by atomic mass is 19.1. The number of hydrogen-bond acceptors (Lipinski definition) is 7. The van der Waals surface area contributed by atoms with E-state index in [1.807, 2.05) is 0 Å². The van der Waals surface area contributed by atoms with E-state index in [1.54, 1.807) is 56.3 Å². The van der Waals surface area contributed by atoms with E-state index in [2.05, 4.69) is 18.0 Å². The normalized spacial score (nSPS) is 11.8. The molecule has 0 spiro atoms. The number of nitrogens with zero attached hydrogens (tertiary/aromatic N) is 2. The van der Waals surface area contributed by atoms with Gasteiger partial charge in [-0.25, -0.2) is 4.39 Å².